The van der Waals surface area contributed by atoms with Crippen LogP contribution >= 0.6 is 0 Å². The second kappa shape index (κ2) is 7.41. The first-order chi connectivity index (χ1) is 9.72. The summed E-state index contributed by atoms with van der Waals surface area (Å²) in [6.45, 7) is 5.76. The van der Waals surface area contributed by atoms with Crippen LogP contribution in [0.2, 0.25) is 0 Å². The Bertz CT molecular complexity index is 459. The van der Waals surface area contributed by atoms with Crippen molar-refractivity contribution in [3.05, 3.63) is 29.3 Å². The molecule has 20 heavy (non-hydrogen) atoms. The van der Waals surface area contributed by atoms with Crippen LogP contribution in [-0.4, -0.2) is 45.8 Å². The average molecular weight is 277 g/mol. The zero-order valence-electron chi connectivity index (χ0n) is 12.4. The normalized spacial score (nSPS) is 13.6. The molecule has 4 heteroatoms. The van der Waals surface area contributed by atoms with Crippen LogP contribution in [0.4, 0.5) is 5.69 Å². The number of nitrogens with zero attached hydrogens (tertiary/aromatic N) is 1. The summed E-state index contributed by atoms with van der Waals surface area (Å²) < 4.78 is 10.6. The number of ketones is 1. The van der Waals surface area contributed by atoms with E-state index in [0.29, 0.717) is 0 Å². The molecule has 0 aliphatic carbocycles. The Morgan fingerprint density at radius 3 is 2.90 bits per heavy atom. The lowest BCUT2D eigenvalue weighted by molar-refractivity contribution is 0.101. The second-order valence-corrected chi connectivity index (χ2v) is 5.10. The van der Waals surface area contributed by atoms with E-state index in [2.05, 4.69) is 11.0 Å². The molecule has 0 unspecified atom stereocenters. The molecule has 1 aromatic carbocycles. The van der Waals surface area contributed by atoms with Gasteiger partial charge < -0.3 is 14.4 Å². The summed E-state index contributed by atoms with van der Waals surface area (Å²) in [4.78, 5) is 13.7. The van der Waals surface area contributed by atoms with Crippen LogP contribution in [0.3, 0.4) is 0 Å². The van der Waals surface area contributed by atoms with E-state index in [4.69, 9.17) is 9.47 Å². The highest BCUT2D eigenvalue weighted by Crippen LogP contribution is 2.28. The van der Waals surface area contributed by atoms with E-state index in [0.717, 1.165) is 51.3 Å². The van der Waals surface area contributed by atoms with Gasteiger partial charge in [-0.1, -0.05) is 0 Å². The van der Waals surface area contributed by atoms with E-state index in [9.17, 15) is 4.79 Å². The van der Waals surface area contributed by atoms with Crippen LogP contribution in [0.25, 0.3) is 0 Å². The summed E-state index contributed by atoms with van der Waals surface area (Å²) >= 11 is 0. The van der Waals surface area contributed by atoms with E-state index >= 15 is 0 Å². The molecule has 0 radical (unpaired) electrons. The van der Waals surface area contributed by atoms with Crippen molar-refractivity contribution in [2.24, 2.45) is 0 Å². The first-order valence-corrected chi connectivity index (χ1v) is 7.18. The summed E-state index contributed by atoms with van der Waals surface area (Å²) in [6.07, 6.45) is 1.95. The molecular weight excluding hydrogens is 254 g/mol. The molecule has 1 heterocycles. The molecule has 0 N–H and O–H groups in total. The Hall–Kier alpha value is -1.39. The minimum absolute atomic E-state index is 0.132. The molecule has 110 valence electrons. The maximum atomic E-state index is 11.4. The third kappa shape index (κ3) is 3.81. The lowest BCUT2D eigenvalue weighted by Gasteiger charge is -2.19. The Morgan fingerprint density at radius 2 is 2.15 bits per heavy atom. The van der Waals surface area contributed by atoms with Crippen molar-refractivity contribution in [2.45, 2.75) is 19.8 Å². The lowest BCUT2D eigenvalue weighted by Crippen LogP contribution is -2.25. The van der Waals surface area contributed by atoms with Gasteiger partial charge in [-0.05, 0) is 43.5 Å². The summed E-state index contributed by atoms with van der Waals surface area (Å²) in [5.41, 5.74) is 3.33. The number of fused-ring (bicyclic) bond motifs is 1. The highest BCUT2D eigenvalue weighted by molar-refractivity contribution is 5.94. The number of carbonyl (C=O) groups is 1. The van der Waals surface area contributed by atoms with E-state index < -0.39 is 0 Å². The Kier molecular flexibility index (Phi) is 5.56. The molecule has 0 saturated heterocycles. The summed E-state index contributed by atoms with van der Waals surface area (Å²) in [5.74, 6) is 0.132. The molecule has 1 aliphatic heterocycles. The van der Waals surface area contributed by atoms with Gasteiger partial charge in [0, 0.05) is 44.7 Å². The van der Waals surface area contributed by atoms with E-state index in [1.807, 2.05) is 12.1 Å². The monoisotopic (exact) mass is 277 g/mol. The molecular formula is C16H23NO3. The van der Waals surface area contributed by atoms with Gasteiger partial charge in [0.1, 0.15) is 0 Å². The highest BCUT2D eigenvalue weighted by atomic mass is 16.5. The number of methoxy groups -OCH3 is 1. The van der Waals surface area contributed by atoms with Crippen LogP contribution in [0.1, 0.15) is 29.3 Å². The fraction of sp³-hybridized carbons (Fsp3) is 0.562. The quantitative estimate of drug-likeness (QED) is 0.540. The highest BCUT2D eigenvalue weighted by Gasteiger charge is 2.19. The van der Waals surface area contributed by atoms with Gasteiger partial charge in [0.25, 0.3) is 0 Å². The van der Waals surface area contributed by atoms with E-state index in [1.165, 1.54) is 11.3 Å². The lowest BCUT2D eigenvalue weighted by atomic mass is 10.1. The van der Waals surface area contributed by atoms with Crippen molar-refractivity contribution in [3.8, 4) is 0 Å². The molecule has 0 aromatic heterocycles. The smallest absolute Gasteiger partial charge is 0.159 e. The summed E-state index contributed by atoms with van der Waals surface area (Å²) in [7, 11) is 1.70. The number of Topliss-reactive ketones (excluding diaryl/α,β-unsaturated/α-hetero) is 1. The van der Waals surface area contributed by atoms with Gasteiger partial charge in [0.2, 0.25) is 0 Å². The van der Waals surface area contributed by atoms with Crippen molar-refractivity contribution < 1.29 is 14.3 Å². The zero-order valence-corrected chi connectivity index (χ0v) is 12.4. The number of benzene rings is 1. The molecule has 0 saturated carbocycles. The van der Waals surface area contributed by atoms with Crippen molar-refractivity contribution in [2.75, 3.05) is 44.9 Å². The molecule has 0 amide bonds. The van der Waals surface area contributed by atoms with Gasteiger partial charge in [-0.25, -0.2) is 0 Å². The molecule has 0 bridgehead atoms. The Morgan fingerprint density at radius 1 is 1.30 bits per heavy atom. The standard InChI is InChI=1S/C16H23NO3/c1-13(18)14-4-5-16-15(12-14)6-7-17(16)8-11-20-10-3-9-19-2/h4-5,12H,3,6-11H2,1-2H3. The van der Waals surface area contributed by atoms with Crippen LogP contribution in [0, 0.1) is 0 Å². The first-order valence-electron chi connectivity index (χ1n) is 7.18. The number of carbonyl (C=O) groups excluding carboxylic acids is 1. The molecule has 0 atom stereocenters. The Balaban J connectivity index is 1.81. The fourth-order valence-electron chi connectivity index (χ4n) is 2.50. The van der Waals surface area contributed by atoms with Crippen molar-refractivity contribution in [1.82, 2.24) is 0 Å². The zero-order chi connectivity index (χ0) is 14.4. The topological polar surface area (TPSA) is 38.8 Å². The third-order valence-electron chi connectivity index (χ3n) is 3.62. The SMILES string of the molecule is COCCCOCCN1CCc2cc(C(C)=O)ccc21. The minimum Gasteiger partial charge on any atom is -0.385 e. The third-order valence-corrected chi connectivity index (χ3v) is 3.62. The molecule has 0 spiro atoms. The Labute approximate surface area is 120 Å². The number of hydrogen-bond donors (Lipinski definition) is 0. The fourth-order valence-corrected chi connectivity index (χ4v) is 2.50. The van der Waals surface area contributed by atoms with Crippen LogP contribution in [-0.2, 0) is 15.9 Å². The van der Waals surface area contributed by atoms with E-state index in [-0.39, 0.29) is 5.78 Å². The van der Waals surface area contributed by atoms with Gasteiger partial charge in [-0.3, -0.25) is 4.79 Å². The number of ether oxygens (including phenoxy) is 2. The van der Waals surface area contributed by atoms with Gasteiger partial charge in [0.15, 0.2) is 5.78 Å². The maximum Gasteiger partial charge on any atom is 0.159 e. The van der Waals surface area contributed by atoms with Gasteiger partial charge in [-0.2, -0.15) is 0 Å². The van der Waals surface area contributed by atoms with Crippen molar-refractivity contribution in [3.63, 3.8) is 0 Å². The van der Waals surface area contributed by atoms with Gasteiger partial charge >= 0.3 is 0 Å². The van der Waals surface area contributed by atoms with Gasteiger partial charge in [0.05, 0.1) is 6.61 Å². The summed E-state index contributed by atoms with van der Waals surface area (Å²) in [6, 6.07) is 6.00. The number of hydrogen-bond acceptors (Lipinski definition) is 4. The van der Waals surface area contributed by atoms with Crippen LogP contribution in [0.5, 0.6) is 0 Å². The van der Waals surface area contributed by atoms with Gasteiger partial charge in [-0.15, -0.1) is 0 Å². The number of anilines is 1. The van der Waals surface area contributed by atoms with Crippen molar-refractivity contribution >= 4 is 11.5 Å². The largest absolute Gasteiger partial charge is 0.385 e. The minimum atomic E-state index is 0.132. The van der Waals surface area contributed by atoms with Crippen LogP contribution in [0.15, 0.2) is 18.2 Å². The predicted molar refractivity (Wildman–Crippen MR) is 79.7 cm³/mol. The average Bonchev–Trinajstić information content (AvgIpc) is 2.85. The molecule has 1 aromatic rings. The number of rotatable bonds is 8. The predicted octanol–water partition coefficient (Wildman–Crippen LogP) is 2.30. The van der Waals surface area contributed by atoms with E-state index in [1.54, 1.807) is 14.0 Å². The summed E-state index contributed by atoms with van der Waals surface area (Å²) in [5, 5.41) is 0. The van der Waals surface area contributed by atoms with Crippen molar-refractivity contribution in [1.29, 1.82) is 0 Å². The first kappa shape index (κ1) is 15.0. The second-order valence-electron chi connectivity index (χ2n) is 5.10. The maximum absolute atomic E-state index is 11.4. The van der Waals surface area contributed by atoms with Crippen LogP contribution < -0.4 is 4.90 Å². The molecule has 0 fully saturated rings. The molecule has 1 aliphatic rings. The molecule has 2 rings (SSSR count). The molecule has 4 nitrogen and oxygen atoms in total.